The molecule has 0 radical (unpaired) electrons. The van der Waals surface area contributed by atoms with Gasteiger partial charge in [0, 0.05) is 30.1 Å². The normalized spacial score (nSPS) is 19.2. The SMILES string of the molecule is CCOC(=O)C1=C(C)N2CCCCCC2=C(C(=O)OC)C1c1cccc([N+](=O)[O-])c1. The predicted molar refractivity (Wildman–Crippen MR) is 109 cm³/mol. The molecule has 0 spiro atoms. The van der Waals surface area contributed by atoms with Crippen LogP contribution in [0.15, 0.2) is 46.8 Å². The molecule has 1 aromatic rings. The zero-order valence-electron chi connectivity index (χ0n) is 17.5. The van der Waals surface area contributed by atoms with Gasteiger partial charge in [0.25, 0.3) is 5.69 Å². The fourth-order valence-electron chi connectivity index (χ4n) is 4.30. The Balaban J connectivity index is 2.29. The van der Waals surface area contributed by atoms with Gasteiger partial charge in [0.2, 0.25) is 0 Å². The Kier molecular flexibility index (Phi) is 6.54. The van der Waals surface area contributed by atoms with Crippen LogP contribution in [0.4, 0.5) is 5.69 Å². The summed E-state index contributed by atoms with van der Waals surface area (Å²) in [4.78, 5) is 38.8. The van der Waals surface area contributed by atoms with E-state index in [1.807, 2.05) is 11.8 Å². The van der Waals surface area contributed by atoms with E-state index in [4.69, 9.17) is 9.47 Å². The highest BCUT2D eigenvalue weighted by Gasteiger charge is 2.42. The molecule has 0 amide bonds. The first-order chi connectivity index (χ1) is 14.4. The summed E-state index contributed by atoms with van der Waals surface area (Å²) >= 11 is 0. The Morgan fingerprint density at radius 3 is 2.63 bits per heavy atom. The van der Waals surface area contributed by atoms with Crippen LogP contribution in [0.5, 0.6) is 0 Å². The first-order valence-electron chi connectivity index (χ1n) is 10.1. The van der Waals surface area contributed by atoms with Crippen molar-refractivity contribution < 1.29 is 24.0 Å². The maximum atomic E-state index is 13.0. The molecule has 1 saturated heterocycles. The van der Waals surface area contributed by atoms with E-state index in [2.05, 4.69) is 0 Å². The molecule has 2 aliphatic rings. The molecule has 1 aromatic carbocycles. The van der Waals surface area contributed by atoms with Gasteiger partial charge in [-0.25, -0.2) is 9.59 Å². The van der Waals surface area contributed by atoms with Crippen LogP contribution in [-0.4, -0.2) is 42.0 Å². The number of nitro benzene ring substituents is 1. The second kappa shape index (κ2) is 9.11. The molecule has 0 saturated carbocycles. The van der Waals surface area contributed by atoms with E-state index in [9.17, 15) is 19.7 Å². The Morgan fingerprint density at radius 2 is 1.97 bits per heavy atom. The van der Waals surface area contributed by atoms with Gasteiger partial charge in [-0.2, -0.15) is 0 Å². The molecule has 0 bridgehead atoms. The molecule has 1 fully saturated rings. The highest BCUT2D eigenvalue weighted by molar-refractivity contribution is 6.00. The molecule has 3 rings (SSSR count). The second-order valence-electron chi connectivity index (χ2n) is 7.32. The molecule has 160 valence electrons. The lowest BCUT2D eigenvalue weighted by Gasteiger charge is -2.38. The van der Waals surface area contributed by atoms with Crippen molar-refractivity contribution in [3.05, 3.63) is 62.5 Å². The number of ether oxygens (including phenoxy) is 2. The summed E-state index contributed by atoms with van der Waals surface area (Å²) < 4.78 is 10.4. The average Bonchev–Trinajstić information content (AvgIpc) is 2.99. The van der Waals surface area contributed by atoms with Crippen LogP contribution in [0.25, 0.3) is 0 Å². The predicted octanol–water partition coefficient (Wildman–Crippen LogP) is 3.83. The summed E-state index contributed by atoms with van der Waals surface area (Å²) in [5.74, 6) is -1.86. The van der Waals surface area contributed by atoms with Crippen molar-refractivity contribution in [1.82, 2.24) is 4.90 Å². The number of nitrogens with zero attached hydrogens (tertiary/aromatic N) is 2. The van der Waals surface area contributed by atoms with Crippen molar-refractivity contribution in [1.29, 1.82) is 0 Å². The van der Waals surface area contributed by atoms with Crippen molar-refractivity contribution in [2.45, 2.75) is 45.4 Å². The van der Waals surface area contributed by atoms with E-state index in [0.29, 0.717) is 29.7 Å². The molecule has 8 heteroatoms. The molecule has 0 aliphatic carbocycles. The number of fused-ring (bicyclic) bond motifs is 1. The lowest BCUT2D eigenvalue weighted by Crippen LogP contribution is -2.36. The van der Waals surface area contributed by atoms with Crippen LogP contribution >= 0.6 is 0 Å². The molecule has 0 aromatic heterocycles. The third-order valence-electron chi connectivity index (χ3n) is 5.62. The van der Waals surface area contributed by atoms with Crippen molar-refractivity contribution in [2.75, 3.05) is 20.3 Å². The number of benzene rings is 1. The molecule has 30 heavy (non-hydrogen) atoms. The maximum absolute atomic E-state index is 13.0. The highest BCUT2D eigenvalue weighted by Crippen LogP contribution is 2.45. The lowest BCUT2D eigenvalue weighted by molar-refractivity contribution is -0.384. The van der Waals surface area contributed by atoms with Gasteiger partial charge in [-0.05, 0) is 38.7 Å². The molecule has 2 aliphatic heterocycles. The number of carbonyl (C=O) groups excluding carboxylic acids is 2. The van der Waals surface area contributed by atoms with Crippen LogP contribution in [0, 0.1) is 10.1 Å². The number of nitro groups is 1. The highest BCUT2D eigenvalue weighted by atomic mass is 16.6. The van der Waals surface area contributed by atoms with Crippen LogP contribution < -0.4 is 0 Å². The molecule has 8 nitrogen and oxygen atoms in total. The fraction of sp³-hybridized carbons (Fsp3) is 0.455. The number of hydrogen-bond acceptors (Lipinski definition) is 7. The van der Waals surface area contributed by atoms with Gasteiger partial charge in [-0.1, -0.05) is 18.6 Å². The first kappa shape index (κ1) is 21.5. The number of rotatable bonds is 5. The Morgan fingerprint density at radius 1 is 1.20 bits per heavy atom. The number of carbonyl (C=O) groups is 2. The van der Waals surface area contributed by atoms with Crippen LogP contribution in [0.1, 0.15) is 51.0 Å². The first-order valence-corrected chi connectivity index (χ1v) is 10.1. The maximum Gasteiger partial charge on any atom is 0.336 e. The van der Waals surface area contributed by atoms with E-state index < -0.39 is 22.8 Å². The van der Waals surface area contributed by atoms with Gasteiger partial charge in [0.1, 0.15) is 0 Å². The van der Waals surface area contributed by atoms with Gasteiger partial charge in [-0.15, -0.1) is 0 Å². The number of allylic oxidation sites excluding steroid dienone is 2. The summed E-state index contributed by atoms with van der Waals surface area (Å²) in [5.41, 5.74) is 2.60. The molecule has 1 atom stereocenters. The van der Waals surface area contributed by atoms with Gasteiger partial charge in [0.05, 0.1) is 35.7 Å². The molecular formula is C22H26N2O6. The van der Waals surface area contributed by atoms with Crippen molar-refractivity contribution >= 4 is 17.6 Å². The quantitative estimate of drug-likeness (QED) is 0.410. The largest absolute Gasteiger partial charge is 0.466 e. The van der Waals surface area contributed by atoms with Gasteiger partial charge >= 0.3 is 11.9 Å². The van der Waals surface area contributed by atoms with E-state index in [0.717, 1.165) is 30.7 Å². The van der Waals surface area contributed by atoms with Gasteiger partial charge < -0.3 is 14.4 Å². The minimum atomic E-state index is -0.791. The van der Waals surface area contributed by atoms with Crippen LogP contribution in [0.2, 0.25) is 0 Å². The third-order valence-corrected chi connectivity index (χ3v) is 5.62. The van der Waals surface area contributed by atoms with Gasteiger partial charge in [0.15, 0.2) is 0 Å². The average molecular weight is 414 g/mol. The second-order valence-corrected chi connectivity index (χ2v) is 7.32. The van der Waals surface area contributed by atoms with Crippen molar-refractivity contribution in [3.8, 4) is 0 Å². The van der Waals surface area contributed by atoms with E-state index in [-0.39, 0.29) is 12.3 Å². The number of hydrogen-bond donors (Lipinski definition) is 0. The Bertz CT molecular complexity index is 933. The zero-order valence-corrected chi connectivity index (χ0v) is 17.5. The monoisotopic (exact) mass is 414 g/mol. The minimum Gasteiger partial charge on any atom is -0.466 e. The van der Waals surface area contributed by atoms with Crippen LogP contribution in [0.3, 0.4) is 0 Å². The standard InChI is InChI=1S/C22H26N2O6/c1-4-30-22(26)18-14(2)23-12-7-5-6-11-17(23)20(21(25)29-3)19(18)15-9-8-10-16(13-15)24(27)28/h8-10,13,19H,4-7,11-12H2,1-3H3. The van der Waals surface area contributed by atoms with E-state index in [1.165, 1.54) is 19.2 Å². The van der Waals surface area contributed by atoms with Gasteiger partial charge in [-0.3, -0.25) is 10.1 Å². The van der Waals surface area contributed by atoms with E-state index in [1.54, 1.807) is 19.1 Å². The van der Waals surface area contributed by atoms with Crippen molar-refractivity contribution in [2.24, 2.45) is 0 Å². The Labute approximate surface area is 175 Å². The Hall–Kier alpha value is -3.16. The molecule has 0 N–H and O–H groups in total. The summed E-state index contributed by atoms with van der Waals surface area (Å²) in [7, 11) is 1.30. The lowest BCUT2D eigenvalue weighted by atomic mass is 9.79. The topological polar surface area (TPSA) is 99.0 Å². The summed E-state index contributed by atoms with van der Waals surface area (Å²) in [6.07, 6.45) is 3.53. The zero-order chi connectivity index (χ0) is 21.8. The number of esters is 2. The third kappa shape index (κ3) is 3.94. The van der Waals surface area contributed by atoms with Crippen molar-refractivity contribution in [3.63, 3.8) is 0 Å². The summed E-state index contributed by atoms with van der Waals surface area (Å²) in [5, 5.41) is 11.4. The molecule has 2 heterocycles. The molecular weight excluding hydrogens is 388 g/mol. The summed E-state index contributed by atoms with van der Waals surface area (Å²) in [6, 6.07) is 6.05. The fourth-order valence-corrected chi connectivity index (χ4v) is 4.30. The number of methoxy groups -OCH3 is 1. The minimum absolute atomic E-state index is 0.106. The smallest absolute Gasteiger partial charge is 0.336 e. The number of non-ortho nitro benzene ring substituents is 1. The van der Waals surface area contributed by atoms with E-state index >= 15 is 0 Å². The molecule has 1 unspecified atom stereocenters. The van der Waals surface area contributed by atoms with Crippen LogP contribution in [-0.2, 0) is 19.1 Å². The summed E-state index contributed by atoms with van der Waals surface area (Å²) in [6.45, 7) is 4.43.